The van der Waals surface area contributed by atoms with Crippen molar-refractivity contribution in [3.05, 3.63) is 22.4 Å². The van der Waals surface area contributed by atoms with Crippen LogP contribution < -0.4 is 56.7 Å². The van der Waals surface area contributed by atoms with Gasteiger partial charge in [0.1, 0.15) is 0 Å². The summed E-state index contributed by atoms with van der Waals surface area (Å²) in [6.45, 7) is 1.39. The van der Waals surface area contributed by atoms with E-state index in [9.17, 15) is 13.0 Å². The fourth-order valence-electron chi connectivity index (χ4n) is 1.17. The van der Waals surface area contributed by atoms with Gasteiger partial charge >= 0.3 is 51.4 Å². The second-order valence-corrected chi connectivity index (χ2v) is 5.55. The van der Waals surface area contributed by atoms with E-state index in [2.05, 4.69) is 16.8 Å². The number of hydrogen-bond acceptors (Lipinski definition) is 5. The third-order valence-electron chi connectivity index (χ3n) is 1.92. The van der Waals surface area contributed by atoms with Gasteiger partial charge in [-0.1, -0.05) is 0 Å². The first kappa shape index (κ1) is 17.2. The maximum Gasteiger partial charge on any atom is 1.00 e. The van der Waals surface area contributed by atoms with Crippen LogP contribution in [0.2, 0.25) is 0 Å². The van der Waals surface area contributed by atoms with Crippen LogP contribution in [0.3, 0.4) is 0 Å². The molecule has 1 aromatic rings. The molecule has 0 aliphatic rings. The van der Waals surface area contributed by atoms with Crippen molar-refractivity contribution in [2.45, 2.75) is 12.8 Å². The first-order chi connectivity index (χ1) is 7.08. The molecule has 1 heterocycles. The summed E-state index contributed by atoms with van der Waals surface area (Å²) >= 11 is 1.66. The van der Waals surface area contributed by atoms with Crippen LogP contribution in [0.4, 0.5) is 0 Å². The second-order valence-electron chi connectivity index (χ2n) is 3.25. The van der Waals surface area contributed by atoms with Gasteiger partial charge in [-0.15, -0.1) is 0 Å². The molecule has 86 valence electrons. The minimum atomic E-state index is -4.04. The second kappa shape index (κ2) is 9.18. The van der Waals surface area contributed by atoms with Crippen LogP contribution in [0.15, 0.2) is 16.8 Å². The van der Waals surface area contributed by atoms with Crippen LogP contribution in [0.25, 0.3) is 0 Å². The van der Waals surface area contributed by atoms with E-state index in [4.69, 9.17) is 0 Å². The largest absolute Gasteiger partial charge is 1.00 e. The summed E-state index contributed by atoms with van der Waals surface area (Å²) in [5.74, 6) is -0.279. The average Bonchev–Trinajstić information content (AvgIpc) is 2.61. The smallest absolute Gasteiger partial charge is 0.748 e. The number of rotatable bonds is 7. The number of thiophene rings is 1. The Morgan fingerprint density at radius 1 is 1.38 bits per heavy atom. The summed E-state index contributed by atoms with van der Waals surface area (Å²) in [4.78, 5) is 0. The monoisotopic (exact) mass is 287 g/mol. The van der Waals surface area contributed by atoms with Crippen molar-refractivity contribution in [2.75, 3.05) is 18.8 Å². The summed E-state index contributed by atoms with van der Waals surface area (Å²) < 4.78 is 30.8. The zero-order valence-corrected chi connectivity index (χ0v) is 14.1. The summed E-state index contributed by atoms with van der Waals surface area (Å²) in [5.41, 5.74) is 1.28. The maximum atomic E-state index is 10.3. The predicted octanol–water partition coefficient (Wildman–Crippen LogP) is -2.18. The first-order valence-corrected chi connectivity index (χ1v) is 7.25. The van der Waals surface area contributed by atoms with E-state index < -0.39 is 10.1 Å². The Bertz CT molecular complexity index is 364. The molecule has 0 saturated heterocycles. The molecule has 0 aromatic carbocycles. The van der Waals surface area contributed by atoms with Crippen LogP contribution >= 0.6 is 11.3 Å². The molecule has 1 N–H and O–H groups in total. The SMILES string of the molecule is O=S(=O)([O-])CCCNCCc1ccsc1.[K+]. The van der Waals surface area contributed by atoms with Gasteiger partial charge in [-0.2, -0.15) is 11.3 Å². The molecule has 0 bridgehead atoms. The molecule has 1 aromatic heterocycles. The predicted molar refractivity (Wildman–Crippen MR) is 60.1 cm³/mol. The quantitative estimate of drug-likeness (QED) is 0.352. The first-order valence-electron chi connectivity index (χ1n) is 4.73. The van der Waals surface area contributed by atoms with Crippen LogP contribution in [0.1, 0.15) is 12.0 Å². The van der Waals surface area contributed by atoms with E-state index in [1.807, 2.05) is 5.38 Å². The van der Waals surface area contributed by atoms with Crippen molar-refractivity contribution in [1.82, 2.24) is 5.32 Å². The topological polar surface area (TPSA) is 69.2 Å². The van der Waals surface area contributed by atoms with Crippen molar-refractivity contribution in [3.8, 4) is 0 Å². The molecular weight excluding hydrogens is 273 g/mol. The zero-order valence-electron chi connectivity index (χ0n) is 9.31. The molecule has 16 heavy (non-hydrogen) atoms. The molecule has 1 rings (SSSR count). The molecule has 0 aliphatic carbocycles. The molecule has 0 aliphatic heterocycles. The molecule has 0 unspecified atom stereocenters. The molecule has 0 radical (unpaired) electrons. The summed E-state index contributed by atoms with van der Waals surface area (Å²) in [6, 6.07) is 2.06. The van der Waals surface area contributed by atoms with E-state index in [0.717, 1.165) is 13.0 Å². The Labute approximate surface area is 143 Å². The van der Waals surface area contributed by atoms with Gasteiger partial charge in [-0.05, 0) is 48.3 Å². The minimum Gasteiger partial charge on any atom is -0.748 e. The molecular formula is C9H14KNO3S2. The normalized spacial score (nSPS) is 11.1. The van der Waals surface area contributed by atoms with Crippen LogP contribution in [0.5, 0.6) is 0 Å². The average molecular weight is 287 g/mol. The number of hydrogen-bond donors (Lipinski definition) is 1. The Kier molecular flexibility index (Phi) is 9.87. The Hall–Kier alpha value is 1.21. The zero-order chi connectivity index (χ0) is 11.1. The molecule has 0 fully saturated rings. The van der Waals surface area contributed by atoms with E-state index in [-0.39, 0.29) is 57.1 Å². The standard InChI is InChI=1S/C9H15NO3S2.K/c11-15(12,13)7-1-4-10-5-2-9-3-6-14-8-9;/h3,6,8,10H,1-2,4-5,7H2,(H,11,12,13);/q;+1/p-1. The van der Waals surface area contributed by atoms with Gasteiger partial charge in [0.2, 0.25) is 0 Å². The molecule has 0 atom stereocenters. The Morgan fingerprint density at radius 3 is 2.69 bits per heavy atom. The van der Waals surface area contributed by atoms with Crippen molar-refractivity contribution in [1.29, 1.82) is 0 Å². The van der Waals surface area contributed by atoms with E-state index in [0.29, 0.717) is 13.0 Å². The van der Waals surface area contributed by atoms with Gasteiger partial charge in [0, 0.05) is 5.75 Å². The van der Waals surface area contributed by atoms with Crippen LogP contribution in [-0.4, -0.2) is 31.8 Å². The van der Waals surface area contributed by atoms with Gasteiger partial charge < -0.3 is 9.87 Å². The van der Waals surface area contributed by atoms with Crippen molar-refractivity contribution in [2.24, 2.45) is 0 Å². The van der Waals surface area contributed by atoms with E-state index >= 15 is 0 Å². The van der Waals surface area contributed by atoms with Crippen molar-refractivity contribution < 1.29 is 64.4 Å². The molecule has 0 spiro atoms. The third-order valence-corrected chi connectivity index (χ3v) is 3.44. The van der Waals surface area contributed by atoms with E-state index in [1.165, 1.54) is 5.56 Å². The number of nitrogens with one attached hydrogen (secondary N) is 1. The minimum absolute atomic E-state index is 0. The summed E-state index contributed by atoms with van der Waals surface area (Å²) in [6.07, 6.45) is 1.32. The van der Waals surface area contributed by atoms with Gasteiger partial charge in [0.25, 0.3) is 0 Å². The summed E-state index contributed by atoms with van der Waals surface area (Å²) in [7, 11) is -4.04. The molecule has 4 nitrogen and oxygen atoms in total. The van der Waals surface area contributed by atoms with E-state index in [1.54, 1.807) is 11.3 Å². The maximum absolute atomic E-state index is 10.3. The van der Waals surface area contributed by atoms with Gasteiger partial charge in [0.15, 0.2) is 0 Å². The van der Waals surface area contributed by atoms with Crippen molar-refractivity contribution >= 4 is 21.5 Å². The fraction of sp³-hybridized carbons (Fsp3) is 0.556. The molecule has 0 amide bonds. The van der Waals surface area contributed by atoms with Crippen LogP contribution in [0, 0.1) is 0 Å². The van der Waals surface area contributed by atoms with Crippen LogP contribution in [-0.2, 0) is 16.5 Å². The summed E-state index contributed by atoms with van der Waals surface area (Å²) in [5, 5.41) is 7.21. The van der Waals surface area contributed by atoms with Gasteiger partial charge in [0.05, 0.1) is 10.1 Å². The Morgan fingerprint density at radius 2 is 2.12 bits per heavy atom. The Balaban J connectivity index is 0.00000225. The van der Waals surface area contributed by atoms with Gasteiger partial charge in [-0.25, -0.2) is 8.42 Å². The fourth-order valence-corrected chi connectivity index (χ4v) is 2.37. The van der Waals surface area contributed by atoms with Gasteiger partial charge in [-0.3, -0.25) is 0 Å². The molecule has 7 heteroatoms. The van der Waals surface area contributed by atoms with Crippen molar-refractivity contribution in [3.63, 3.8) is 0 Å². The molecule has 0 saturated carbocycles. The third kappa shape index (κ3) is 9.26.